The highest BCUT2D eigenvalue weighted by Crippen LogP contribution is 2.14. The van der Waals surface area contributed by atoms with Crippen molar-refractivity contribution in [2.24, 2.45) is 0 Å². The fourth-order valence-electron chi connectivity index (χ4n) is 6.78. The Morgan fingerprint density at radius 2 is 0.556 bits per heavy atom. The number of nitrogens with zero attached hydrogens (tertiary/aromatic N) is 2. The maximum atomic E-state index is 11.6. The summed E-state index contributed by atoms with van der Waals surface area (Å²) < 4.78 is 0. The van der Waals surface area contributed by atoms with Crippen LogP contribution < -0.4 is 0 Å². The highest BCUT2D eigenvalue weighted by atomic mass is 16.4. The minimum Gasteiger partial charge on any atom is -0.480 e. The van der Waals surface area contributed by atoms with Crippen molar-refractivity contribution in [2.45, 2.75) is 220 Å². The molecular weight excluding hydrogens is 552 g/mol. The van der Waals surface area contributed by atoms with Gasteiger partial charge in [-0.3, -0.25) is 9.69 Å². The Kier molecular flexibility index (Phi) is 37.3. The molecule has 0 aromatic heterocycles. The molecule has 0 saturated carbocycles. The fraction of sp³-hybridized carbons (Fsp3) is 0.976. The van der Waals surface area contributed by atoms with Crippen LogP contribution in [0.5, 0.6) is 0 Å². The standard InChI is InChI=1S/C41H84N2O2/c1-4-7-10-13-16-19-22-25-28-31-35-42(36-32-29-26-23-20-17-14-11-8-5-2)38-34-39-43(40-41(44)45)37-33-30-27-24-21-18-15-12-9-6-3/h4-40H2,1-3H3,(H,44,45). The van der Waals surface area contributed by atoms with Crippen LogP contribution in [0.2, 0.25) is 0 Å². The first-order chi connectivity index (χ1) is 22.1. The van der Waals surface area contributed by atoms with Gasteiger partial charge in [-0.1, -0.05) is 194 Å². The summed E-state index contributed by atoms with van der Waals surface area (Å²) in [6.45, 7) is 12.5. The van der Waals surface area contributed by atoms with Crippen molar-refractivity contribution in [1.29, 1.82) is 0 Å². The van der Waals surface area contributed by atoms with Crippen molar-refractivity contribution in [3.8, 4) is 0 Å². The number of hydrogen-bond donors (Lipinski definition) is 1. The molecule has 1 N–H and O–H groups in total. The summed E-state index contributed by atoms with van der Waals surface area (Å²) in [5.74, 6) is -0.672. The third-order valence-electron chi connectivity index (χ3n) is 9.79. The van der Waals surface area contributed by atoms with E-state index in [1.54, 1.807) is 0 Å². The van der Waals surface area contributed by atoms with Crippen LogP contribution in [0.25, 0.3) is 0 Å². The number of aliphatic carboxylic acids is 1. The van der Waals surface area contributed by atoms with Crippen molar-refractivity contribution >= 4 is 5.97 Å². The van der Waals surface area contributed by atoms with Gasteiger partial charge >= 0.3 is 5.97 Å². The van der Waals surface area contributed by atoms with E-state index in [0.29, 0.717) is 0 Å². The van der Waals surface area contributed by atoms with Crippen LogP contribution in [-0.2, 0) is 4.79 Å². The molecule has 0 atom stereocenters. The molecule has 0 aliphatic rings. The smallest absolute Gasteiger partial charge is 0.317 e. The van der Waals surface area contributed by atoms with Crippen LogP contribution >= 0.6 is 0 Å². The number of unbranched alkanes of at least 4 members (excludes halogenated alkanes) is 27. The minimum absolute atomic E-state index is 0.203. The summed E-state index contributed by atoms with van der Waals surface area (Å²) in [5.41, 5.74) is 0. The van der Waals surface area contributed by atoms with E-state index >= 15 is 0 Å². The summed E-state index contributed by atoms with van der Waals surface area (Å²) in [5, 5.41) is 9.52. The molecule has 0 spiro atoms. The number of carboxylic acids is 1. The third-order valence-corrected chi connectivity index (χ3v) is 9.79. The lowest BCUT2D eigenvalue weighted by Gasteiger charge is -2.25. The molecule has 0 aromatic rings. The van der Waals surface area contributed by atoms with Gasteiger partial charge in [0.1, 0.15) is 0 Å². The number of rotatable bonds is 39. The highest BCUT2D eigenvalue weighted by Gasteiger charge is 2.11. The molecule has 0 amide bonds. The van der Waals surface area contributed by atoms with Gasteiger partial charge in [-0.15, -0.1) is 0 Å². The average molecular weight is 637 g/mol. The second kappa shape index (κ2) is 37.8. The maximum Gasteiger partial charge on any atom is 0.317 e. The topological polar surface area (TPSA) is 43.8 Å². The first kappa shape index (κ1) is 44.4. The van der Waals surface area contributed by atoms with Crippen molar-refractivity contribution < 1.29 is 9.90 Å². The zero-order valence-electron chi connectivity index (χ0n) is 31.4. The summed E-state index contributed by atoms with van der Waals surface area (Å²) in [4.78, 5) is 16.5. The Hall–Kier alpha value is -0.610. The lowest BCUT2D eigenvalue weighted by molar-refractivity contribution is -0.138. The Labute approximate surface area is 284 Å². The minimum atomic E-state index is -0.672. The van der Waals surface area contributed by atoms with Gasteiger partial charge in [0.15, 0.2) is 0 Å². The quantitative estimate of drug-likeness (QED) is 0.0682. The molecule has 0 aliphatic carbocycles. The van der Waals surface area contributed by atoms with Gasteiger partial charge in [0.2, 0.25) is 0 Å². The molecule has 0 fully saturated rings. The molecule has 270 valence electrons. The molecule has 45 heavy (non-hydrogen) atoms. The van der Waals surface area contributed by atoms with Gasteiger partial charge in [0.25, 0.3) is 0 Å². The first-order valence-electron chi connectivity index (χ1n) is 20.8. The summed E-state index contributed by atoms with van der Waals surface area (Å²) in [6.07, 6.45) is 42.3. The second-order valence-corrected chi connectivity index (χ2v) is 14.4. The SMILES string of the molecule is CCCCCCCCCCCCN(CCCCCCCCCCCC)CCCN(CCCCCCCCCCCC)CC(=O)O. The van der Waals surface area contributed by atoms with E-state index < -0.39 is 5.97 Å². The lowest BCUT2D eigenvalue weighted by atomic mass is 10.1. The molecule has 0 bridgehead atoms. The van der Waals surface area contributed by atoms with Gasteiger partial charge in [0.05, 0.1) is 6.54 Å². The molecule has 4 nitrogen and oxygen atoms in total. The van der Waals surface area contributed by atoms with E-state index in [2.05, 4.69) is 30.6 Å². The Morgan fingerprint density at radius 1 is 0.333 bits per heavy atom. The molecule has 0 radical (unpaired) electrons. The van der Waals surface area contributed by atoms with Gasteiger partial charge in [-0.05, 0) is 58.4 Å². The first-order valence-corrected chi connectivity index (χ1v) is 20.8. The third kappa shape index (κ3) is 36.1. The van der Waals surface area contributed by atoms with Crippen molar-refractivity contribution in [2.75, 3.05) is 39.3 Å². The van der Waals surface area contributed by atoms with E-state index in [9.17, 15) is 9.90 Å². The summed E-state index contributed by atoms with van der Waals surface area (Å²) >= 11 is 0. The number of carbonyl (C=O) groups is 1. The van der Waals surface area contributed by atoms with Crippen molar-refractivity contribution in [1.82, 2.24) is 9.80 Å². The monoisotopic (exact) mass is 637 g/mol. The largest absolute Gasteiger partial charge is 0.480 e. The van der Waals surface area contributed by atoms with Gasteiger partial charge < -0.3 is 10.0 Å². The van der Waals surface area contributed by atoms with Crippen LogP contribution in [0.15, 0.2) is 0 Å². The molecule has 0 saturated heterocycles. The van der Waals surface area contributed by atoms with E-state index in [1.165, 1.54) is 199 Å². The average Bonchev–Trinajstić information content (AvgIpc) is 3.03. The Morgan fingerprint density at radius 3 is 0.844 bits per heavy atom. The van der Waals surface area contributed by atoms with Gasteiger partial charge in [-0.2, -0.15) is 0 Å². The fourth-order valence-corrected chi connectivity index (χ4v) is 6.78. The van der Waals surface area contributed by atoms with E-state index in [0.717, 1.165) is 32.5 Å². The Balaban J connectivity index is 4.33. The lowest BCUT2D eigenvalue weighted by Crippen LogP contribution is -2.34. The molecular formula is C41H84N2O2. The molecule has 0 aromatic carbocycles. The Bertz CT molecular complexity index is 546. The normalized spacial score (nSPS) is 11.8. The predicted octanol–water partition coefficient (Wildman–Crippen LogP) is 12.8. The van der Waals surface area contributed by atoms with E-state index in [-0.39, 0.29) is 6.54 Å². The van der Waals surface area contributed by atoms with Crippen LogP contribution in [0.1, 0.15) is 220 Å². The number of hydrogen-bond acceptors (Lipinski definition) is 3. The summed E-state index contributed by atoms with van der Waals surface area (Å²) in [7, 11) is 0. The number of carboxylic acid groups (broad SMARTS) is 1. The maximum absolute atomic E-state index is 11.6. The zero-order valence-corrected chi connectivity index (χ0v) is 31.4. The van der Waals surface area contributed by atoms with Crippen LogP contribution in [-0.4, -0.2) is 60.1 Å². The molecule has 0 heterocycles. The van der Waals surface area contributed by atoms with Crippen LogP contribution in [0.3, 0.4) is 0 Å². The van der Waals surface area contributed by atoms with Gasteiger partial charge in [-0.25, -0.2) is 0 Å². The zero-order chi connectivity index (χ0) is 32.9. The van der Waals surface area contributed by atoms with Crippen molar-refractivity contribution in [3.63, 3.8) is 0 Å². The van der Waals surface area contributed by atoms with E-state index in [4.69, 9.17) is 0 Å². The van der Waals surface area contributed by atoms with Gasteiger partial charge in [0, 0.05) is 0 Å². The molecule has 0 unspecified atom stereocenters. The molecule has 0 aliphatic heterocycles. The predicted molar refractivity (Wildman–Crippen MR) is 201 cm³/mol. The van der Waals surface area contributed by atoms with Crippen LogP contribution in [0.4, 0.5) is 0 Å². The molecule has 4 heteroatoms. The highest BCUT2D eigenvalue weighted by molar-refractivity contribution is 5.69. The second-order valence-electron chi connectivity index (χ2n) is 14.4. The molecule has 0 rings (SSSR count). The van der Waals surface area contributed by atoms with Crippen molar-refractivity contribution in [3.05, 3.63) is 0 Å². The van der Waals surface area contributed by atoms with Crippen LogP contribution in [0, 0.1) is 0 Å². The van der Waals surface area contributed by atoms with E-state index in [1.807, 2.05) is 0 Å². The summed E-state index contributed by atoms with van der Waals surface area (Å²) in [6, 6.07) is 0.